The lowest BCUT2D eigenvalue weighted by Gasteiger charge is -2.18. The van der Waals surface area contributed by atoms with Crippen LogP contribution in [0, 0.1) is 11.3 Å². The summed E-state index contributed by atoms with van der Waals surface area (Å²) < 4.78 is 11.1. The summed E-state index contributed by atoms with van der Waals surface area (Å²) in [6.45, 7) is 1.13. The van der Waals surface area contributed by atoms with Crippen LogP contribution in [0.4, 0.5) is 0 Å². The minimum atomic E-state index is 0.558. The average molecular weight is 277 g/mol. The number of nitrogens with zero attached hydrogens (tertiary/aromatic N) is 2. The molecule has 0 atom stereocenters. The first kappa shape index (κ1) is 11.8. The molecule has 102 valence electrons. The van der Waals surface area contributed by atoms with E-state index in [0.29, 0.717) is 18.8 Å². The van der Waals surface area contributed by atoms with Crippen molar-refractivity contribution in [2.24, 2.45) is 0 Å². The van der Waals surface area contributed by atoms with E-state index < -0.39 is 0 Å². The van der Waals surface area contributed by atoms with Crippen LogP contribution < -0.4 is 9.47 Å². The Kier molecular flexibility index (Phi) is 2.54. The second-order valence-corrected chi connectivity index (χ2v) is 4.79. The van der Waals surface area contributed by atoms with Gasteiger partial charge in [-0.1, -0.05) is 0 Å². The lowest BCUT2D eigenvalue weighted by molar-refractivity contribution is 0.171. The molecule has 0 bridgehead atoms. The summed E-state index contributed by atoms with van der Waals surface area (Å²) in [5.41, 5.74) is 3.21. The summed E-state index contributed by atoms with van der Waals surface area (Å²) in [5.74, 6) is 2.24. The molecule has 1 aromatic heterocycles. The van der Waals surface area contributed by atoms with E-state index in [1.165, 1.54) is 0 Å². The van der Waals surface area contributed by atoms with Gasteiger partial charge in [0.2, 0.25) is 0 Å². The summed E-state index contributed by atoms with van der Waals surface area (Å²) in [4.78, 5) is 7.78. The second kappa shape index (κ2) is 4.53. The molecule has 1 aliphatic rings. The van der Waals surface area contributed by atoms with E-state index in [-0.39, 0.29) is 0 Å². The highest BCUT2D eigenvalue weighted by molar-refractivity contribution is 5.81. The number of nitrogens with one attached hydrogen (secondary N) is 1. The Hall–Kier alpha value is -3.00. The molecule has 3 aromatic rings. The standard InChI is InChI=1S/C16H11N3O2/c17-9-10-1-3-12-13(7-10)19-16(18-12)11-2-4-14-15(8-11)21-6-5-20-14/h1-4,7-8H,5-6H2,(H,18,19). The van der Waals surface area contributed by atoms with Crippen LogP contribution in [-0.4, -0.2) is 23.2 Å². The number of rotatable bonds is 1. The zero-order valence-corrected chi connectivity index (χ0v) is 11.1. The number of fused-ring (bicyclic) bond motifs is 2. The number of hydrogen-bond donors (Lipinski definition) is 1. The van der Waals surface area contributed by atoms with Crippen molar-refractivity contribution in [3.63, 3.8) is 0 Å². The quantitative estimate of drug-likeness (QED) is 0.742. The summed E-state index contributed by atoms with van der Waals surface area (Å²) in [5, 5.41) is 8.94. The molecular formula is C16H11N3O2. The Bertz CT molecular complexity index is 877. The molecule has 0 spiro atoms. The summed E-state index contributed by atoms with van der Waals surface area (Å²) in [7, 11) is 0. The van der Waals surface area contributed by atoms with Crippen LogP contribution in [0.25, 0.3) is 22.4 Å². The lowest BCUT2D eigenvalue weighted by atomic mass is 10.2. The van der Waals surface area contributed by atoms with Crippen LogP contribution in [0.2, 0.25) is 0 Å². The molecule has 0 saturated heterocycles. The largest absolute Gasteiger partial charge is 0.486 e. The van der Waals surface area contributed by atoms with E-state index in [1.54, 1.807) is 12.1 Å². The van der Waals surface area contributed by atoms with Crippen molar-refractivity contribution in [3.05, 3.63) is 42.0 Å². The third-order valence-corrected chi connectivity index (χ3v) is 3.43. The van der Waals surface area contributed by atoms with E-state index in [0.717, 1.165) is 33.9 Å². The molecule has 5 heteroatoms. The van der Waals surface area contributed by atoms with Crippen LogP contribution in [0.15, 0.2) is 36.4 Å². The number of nitriles is 1. The Labute approximate surface area is 120 Å². The van der Waals surface area contributed by atoms with Gasteiger partial charge in [-0.2, -0.15) is 5.26 Å². The van der Waals surface area contributed by atoms with Crippen LogP contribution in [-0.2, 0) is 0 Å². The zero-order chi connectivity index (χ0) is 14.2. The predicted molar refractivity (Wildman–Crippen MR) is 77.2 cm³/mol. The van der Waals surface area contributed by atoms with E-state index in [2.05, 4.69) is 16.0 Å². The van der Waals surface area contributed by atoms with Gasteiger partial charge in [-0.3, -0.25) is 0 Å². The molecular weight excluding hydrogens is 266 g/mol. The van der Waals surface area contributed by atoms with Crippen molar-refractivity contribution in [2.75, 3.05) is 13.2 Å². The smallest absolute Gasteiger partial charge is 0.162 e. The highest BCUT2D eigenvalue weighted by Gasteiger charge is 2.14. The Morgan fingerprint density at radius 3 is 2.76 bits per heavy atom. The van der Waals surface area contributed by atoms with Gasteiger partial charge in [0.15, 0.2) is 11.5 Å². The molecule has 21 heavy (non-hydrogen) atoms. The topological polar surface area (TPSA) is 70.9 Å². The first-order chi connectivity index (χ1) is 10.3. The SMILES string of the molecule is N#Cc1ccc2nc(-c3ccc4c(c3)OCCO4)[nH]c2c1. The number of hydrogen-bond acceptors (Lipinski definition) is 4. The molecule has 2 heterocycles. The molecule has 5 nitrogen and oxygen atoms in total. The number of imidazole rings is 1. The Morgan fingerprint density at radius 2 is 1.90 bits per heavy atom. The van der Waals surface area contributed by atoms with Crippen molar-refractivity contribution in [1.82, 2.24) is 9.97 Å². The second-order valence-electron chi connectivity index (χ2n) is 4.79. The van der Waals surface area contributed by atoms with Gasteiger partial charge in [0.05, 0.1) is 22.7 Å². The normalized spacial score (nSPS) is 13.1. The Balaban J connectivity index is 1.81. The van der Waals surface area contributed by atoms with Crippen LogP contribution in [0.5, 0.6) is 11.5 Å². The van der Waals surface area contributed by atoms with E-state index in [9.17, 15) is 0 Å². The number of H-pyrrole nitrogens is 1. The molecule has 4 rings (SSSR count). The maximum atomic E-state index is 8.94. The minimum Gasteiger partial charge on any atom is -0.486 e. The maximum Gasteiger partial charge on any atom is 0.162 e. The fourth-order valence-corrected chi connectivity index (χ4v) is 2.41. The van der Waals surface area contributed by atoms with Crippen molar-refractivity contribution in [2.45, 2.75) is 0 Å². The molecule has 0 amide bonds. The van der Waals surface area contributed by atoms with E-state index >= 15 is 0 Å². The van der Waals surface area contributed by atoms with Gasteiger partial charge in [0, 0.05) is 5.56 Å². The van der Waals surface area contributed by atoms with Gasteiger partial charge in [-0.25, -0.2) is 4.98 Å². The fraction of sp³-hybridized carbons (Fsp3) is 0.125. The van der Waals surface area contributed by atoms with Gasteiger partial charge in [0.1, 0.15) is 19.0 Å². The van der Waals surface area contributed by atoms with Crippen molar-refractivity contribution >= 4 is 11.0 Å². The van der Waals surface area contributed by atoms with Gasteiger partial charge in [-0.05, 0) is 36.4 Å². The van der Waals surface area contributed by atoms with Crippen molar-refractivity contribution in [3.8, 4) is 29.0 Å². The number of ether oxygens (including phenoxy) is 2. The van der Waals surface area contributed by atoms with Gasteiger partial charge >= 0.3 is 0 Å². The van der Waals surface area contributed by atoms with E-state index in [4.69, 9.17) is 14.7 Å². The van der Waals surface area contributed by atoms with Crippen LogP contribution in [0.3, 0.4) is 0 Å². The van der Waals surface area contributed by atoms with Crippen molar-refractivity contribution < 1.29 is 9.47 Å². The molecule has 0 fully saturated rings. The summed E-state index contributed by atoms with van der Waals surface area (Å²) >= 11 is 0. The first-order valence-electron chi connectivity index (χ1n) is 6.63. The Morgan fingerprint density at radius 1 is 1.05 bits per heavy atom. The minimum absolute atomic E-state index is 0.558. The summed E-state index contributed by atoms with van der Waals surface area (Å²) in [6.07, 6.45) is 0. The fourth-order valence-electron chi connectivity index (χ4n) is 2.41. The molecule has 1 aliphatic heterocycles. The van der Waals surface area contributed by atoms with Crippen LogP contribution >= 0.6 is 0 Å². The van der Waals surface area contributed by atoms with Gasteiger partial charge < -0.3 is 14.5 Å². The highest BCUT2D eigenvalue weighted by atomic mass is 16.6. The monoisotopic (exact) mass is 277 g/mol. The molecule has 0 aliphatic carbocycles. The van der Waals surface area contributed by atoms with E-state index in [1.807, 2.05) is 24.3 Å². The van der Waals surface area contributed by atoms with Crippen molar-refractivity contribution in [1.29, 1.82) is 5.26 Å². The van der Waals surface area contributed by atoms with Gasteiger partial charge in [0.25, 0.3) is 0 Å². The third-order valence-electron chi connectivity index (χ3n) is 3.43. The molecule has 0 radical (unpaired) electrons. The number of aromatic amines is 1. The zero-order valence-electron chi connectivity index (χ0n) is 11.1. The molecule has 0 saturated carbocycles. The number of benzene rings is 2. The molecule has 1 N–H and O–H groups in total. The maximum absolute atomic E-state index is 8.94. The molecule has 2 aromatic carbocycles. The highest BCUT2D eigenvalue weighted by Crippen LogP contribution is 2.34. The third kappa shape index (κ3) is 1.98. The van der Waals surface area contributed by atoms with Gasteiger partial charge in [-0.15, -0.1) is 0 Å². The predicted octanol–water partition coefficient (Wildman–Crippen LogP) is 2.87. The number of aromatic nitrogens is 2. The molecule has 0 unspecified atom stereocenters. The first-order valence-corrected chi connectivity index (χ1v) is 6.63. The summed E-state index contributed by atoms with van der Waals surface area (Å²) in [6, 6.07) is 13.3. The lowest BCUT2D eigenvalue weighted by Crippen LogP contribution is -2.15. The average Bonchev–Trinajstić information content (AvgIpc) is 2.97. The van der Waals surface area contributed by atoms with Crippen LogP contribution in [0.1, 0.15) is 5.56 Å².